The summed E-state index contributed by atoms with van der Waals surface area (Å²) in [6.07, 6.45) is 0.806. The maximum atomic E-state index is 8.86. The summed E-state index contributed by atoms with van der Waals surface area (Å²) in [5, 5.41) is 8.86. The predicted molar refractivity (Wildman–Crippen MR) is 54.0 cm³/mol. The van der Waals surface area contributed by atoms with Crippen LogP contribution in [-0.4, -0.2) is 12.1 Å². The van der Waals surface area contributed by atoms with Gasteiger partial charge in [0.2, 0.25) is 5.88 Å². The zero-order valence-corrected chi connectivity index (χ0v) is 8.74. The molecular formula is C11H14N2O. The minimum atomic E-state index is 0.488. The van der Waals surface area contributed by atoms with E-state index in [0.29, 0.717) is 17.4 Å². The van der Waals surface area contributed by atoms with Crippen LogP contribution in [0.2, 0.25) is 0 Å². The van der Waals surface area contributed by atoms with E-state index in [2.05, 4.69) is 24.9 Å². The van der Waals surface area contributed by atoms with Crippen molar-refractivity contribution < 1.29 is 4.74 Å². The second-order valence-corrected chi connectivity index (χ2v) is 3.56. The Morgan fingerprint density at radius 3 is 2.71 bits per heavy atom. The fourth-order valence-electron chi connectivity index (χ4n) is 1.24. The molecule has 3 nitrogen and oxygen atoms in total. The van der Waals surface area contributed by atoms with Crippen LogP contribution in [0.25, 0.3) is 0 Å². The SMILES string of the molecule is COc1ccc(C#N)c(CC(C)C)n1. The number of nitrogens with zero attached hydrogens (tertiary/aromatic N) is 2. The van der Waals surface area contributed by atoms with Crippen LogP contribution >= 0.6 is 0 Å². The van der Waals surface area contributed by atoms with Gasteiger partial charge in [0, 0.05) is 6.07 Å². The number of rotatable bonds is 3. The topological polar surface area (TPSA) is 45.9 Å². The maximum Gasteiger partial charge on any atom is 0.213 e. The van der Waals surface area contributed by atoms with Gasteiger partial charge in [-0.2, -0.15) is 5.26 Å². The van der Waals surface area contributed by atoms with Gasteiger partial charge in [-0.05, 0) is 18.4 Å². The number of pyridine rings is 1. The molecule has 0 atom stereocenters. The molecule has 1 aromatic heterocycles. The van der Waals surface area contributed by atoms with Gasteiger partial charge in [0.15, 0.2) is 0 Å². The molecule has 3 heteroatoms. The summed E-state index contributed by atoms with van der Waals surface area (Å²) in [4.78, 5) is 4.26. The fraction of sp³-hybridized carbons (Fsp3) is 0.455. The van der Waals surface area contributed by atoms with Crippen LogP contribution in [0.5, 0.6) is 5.88 Å². The van der Waals surface area contributed by atoms with Crippen molar-refractivity contribution in [1.82, 2.24) is 4.98 Å². The molecule has 0 aliphatic heterocycles. The van der Waals surface area contributed by atoms with Crippen LogP contribution in [0, 0.1) is 17.2 Å². The van der Waals surface area contributed by atoms with Gasteiger partial charge in [0.25, 0.3) is 0 Å². The van der Waals surface area contributed by atoms with E-state index >= 15 is 0 Å². The maximum absolute atomic E-state index is 8.86. The minimum Gasteiger partial charge on any atom is -0.481 e. The van der Waals surface area contributed by atoms with Crippen molar-refractivity contribution >= 4 is 0 Å². The van der Waals surface area contributed by atoms with Crippen molar-refractivity contribution in [1.29, 1.82) is 5.26 Å². The second-order valence-electron chi connectivity index (χ2n) is 3.56. The highest BCUT2D eigenvalue weighted by Crippen LogP contribution is 2.15. The lowest BCUT2D eigenvalue weighted by atomic mass is 10.0. The molecule has 1 rings (SSSR count). The van der Waals surface area contributed by atoms with E-state index in [-0.39, 0.29) is 0 Å². The Labute approximate surface area is 84.3 Å². The first kappa shape index (κ1) is 10.5. The van der Waals surface area contributed by atoms with Gasteiger partial charge in [-0.25, -0.2) is 4.98 Å². The van der Waals surface area contributed by atoms with Crippen molar-refractivity contribution in [3.8, 4) is 11.9 Å². The lowest BCUT2D eigenvalue weighted by Crippen LogP contribution is -2.02. The van der Waals surface area contributed by atoms with E-state index in [1.165, 1.54) is 0 Å². The standard InChI is InChI=1S/C11H14N2O/c1-8(2)6-10-9(7-12)4-5-11(13-10)14-3/h4-5,8H,6H2,1-3H3. The molecule has 74 valence electrons. The van der Waals surface area contributed by atoms with Crippen molar-refractivity contribution in [2.45, 2.75) is 20.3 Å². The lowest BCUT2D eigenvalue weighted by Gasteiger charge is -2.07. The predicted octanol–water partition coefficient (Wildman–Crippen LogP) is 2.16. The van der Waals surface area contributed by atoms with Crippen molar-refractivity contribution in [2.24, 2.45) is 5.92 Å². The highest BCUT2D eigenvalue weighted by molar-refractivity contribution is 5.35. The van der Waals surface area contributed by atoms with Crippen molar-refractivity contribution in [3.05, 3.63) is 23.4 Å². The first-order valence-electron chi connectivity index (χ1n) is 4.61. The molecule has 0 N–H and O–H groups in total. The zero-order valence-electron chi connectivity index (χ0n) is 8.74. The number of hydrogen-bond acceptors (Lipinski definition) is 3. The second kappa shape index (κ2) is 4.61. The highest BCUT2D eigenvalue weighted by atomic mass is 16.5. The molecule has 0 bridgehead atoms. The largest absolute Gasteiger partial charge is 0.481 e. The summed E-state index contributed by atoms with van der Waals surface area (Å²) >= 11 is 0. The van der Waals surface area contributed by atoms with Crippen LogP contribution in [0.4, 0.5) is 0 Å². The molecule has 0 aromatic carbocycles. The number of ether oxygens (including phenoxy) is 1. The summed E-state index contributed by atoms with van der Waals surface area (Å²) in [7, 11) is 1.58. The molecule has 0 amide bonds. The Hall–Kier alpha value is -1.56. The van der Waals surface area contributed by atoms with Gasteiger partial charge in [-0.1, -0.05) is 13.8 Å². The molecule has 0 radical (unpaired) electrons. The Morgan fingerprint density at radius 1 is 1.50 bits per heavy atom. The molecule has 0 saturated carbocycles. The van der Waals surface area contributed by atoms with Crippen LogP contribution in [-0.2, 0) is 6.42 Å². The Morgan fingerprint density at radius 2 is 2.21 bits per heavy atom. The Kier molecular flexibility index (Phi) is 3.47. The summed E-state index contributed by atoms with van der Waals surface area (Å²) in [5.41, 5.74) is 1.46. The van der Waals surface area contributed by atoms with E-state index < -0.39 is 0 Å². The molecular weight excluding hydrogens is 176 g/mol. The Bertz CT molecular complexity index is 353. The highest BCUT2D eigenvalue weighted by Gasteiger charge is 2.07. The average Bonchev–Trinajstić information content (AvgIpc) is 2.16. The average molecular weight is 190 g/mol. The van der Waals surface area contributed by atoms with E-state index in [1.807, 2.05) is 0 Å². The first-order chi connectivity index (χ1) is 6.67. The third kappa shape index (κ3) is 2.46. The van der Waals surface area contributed by atoms with Gasteiger partial charge < -0.3 is 4.74 Å². The smallest absolute Gasteiger partial charge is 0.213 e. The molecule has 0 fully saturated rings. The summed E-state index contributed by atoms with van der Waals surface area (Å²) in [6.45, 7) is 4.20. The quantitative estimate of drug-likeness (QED) is 0.733. The van der Waals surface area contributed by atoms with Gasteiger partial charge in [0.05, 0.1) is 18.4 Å². The number of nitriles is 1. The van der Waals surface area contributed by atoms with Crippen molar-refractivity contribution in [2.75, 3.05) is 7.11 Å². The molecule has 14 heavy (non-hydrogen) atoms. The summed E-state index contributed by atoms with van der Waals surface area (Å²) < 4.78 is 5.02. The van der Waals surface area contributed by atoms with Gasteiger partial charge in [-0.15, -0.1) is 0 Å². The van der Waals surface area contributed by atoms with Crippen LogP contribution in [0.15, 0.2) is 12.1 Å². The van der Waals surface area contributed by atoms with Crippen LogP contribution < -0.4 is 4.74 Å². The Balaban J connectivity index is 3.03. The molecule has 0 saturated heterocycles. The van der Waals surface area contributed by atoms with E-state index in [1.54, 1.807) is 19.2 Å². The van der Waals surface area contributed by atoms with Gasteiger partial charge in [0.1, 0.15) is 6.07 Å². The van der Waals surface area contributed by atoms with Crippen molar-refractivity contribution in [3.63, 3.8) is 0 Å². The molecule has 1 heterocycles. The van der Waals surface area contributed by atoms with Gasteiger partial charge in [-0.3, -0.25) is 0 Å². The first-order valence-corrected chi connectivity index (χ1v) is 4.61. The fourth-order valence-corrected chi connectivity index (χ4v) is 1.24. The molecule has 1 aromatic rings. The number of aromatic nitrogens is 1. The minimum absolute atomic E-state index is 0.488. The molecule has 0 aliphatic rings. The van der Waals surface area contributed by atoms with E-state index in [4.69, 9.17) is 10.00 Å². The molecule has 0 unspecified atom stereocenters. The lowest BCUT2D eigenvalue weighted by molar-refractivity contribution is 0.395. The monoisotopic (exact) mass is 190 g/mol. The number of hydrogen-bond donors (Lipinski definition) is 0. The molecule has 0 spiro atoms. The zero-order chi connectivity index (χ0) is 10.6. The summed E-state index contributed by atoms with van der Waals surface area (Å²) in [6, 6.07) is 5.60. The van der Waals surface area contributed by atoms with E-state index in [0.717, 1.165) is 12.1 Å². The number of methoxy groups -OCH3 is 1. The van der Waals surface area contributed by atoms with E-state index in [9.17, 15) is 0 Å². The normalized spacial score (nSPS) is 9.93. The van der Waals surface area contributed by atoms with Gasteiger partial charge >= 0.3 is 0 Å². The molecule has 0 aliphatic carbocycles. The third-order valence-electron chi connectivity index (χ3n) is 1.88. The van der Waals surface area contributed by atoms with Crippen LogP contribution in [0.3, 0.4) is 0 Å². The third-order valence-corrected chi connectivity index (χ3v) is 1.88. The summed E-state index contributed by atoms with van der Waals surface area (Å²) in [5.74, 6) is 1.06. The van der Waals surface area contributed by atoms with Crippen LogP contribution in [0.1, 0.15) is 25.1 Å².